The maximum absolute atomic E-state index is 14.6. The van der Waals surface area contributed by atoms with Crippen molar-refractivity contribution in [2.24, 2.45) is 11.3 Å². The van der Waals surface area contributed by atoms with Crippen molar-refractivity contribution in [3.63, 3.8) is 0 Å². The van der Waals surface area contributed by atoms with Crippen molar-refractivity contribution in [2.75, 3.05) is 11.6 Å². The molecule has 172 valence electrons. The van der Waals surface area contributed by atoms with Crippen LogP contribution in [0.3, 0.4) is 0 Å². The Hall–Kier alpha value is -2.17. The van der Waals surface area contributed by atoms with E-state index >= 15 is 0 Å². The zero-order chi connectivity index (χ0) is 22.9. The van der Waals surface area contributed by atoms with Gasteiger partial charge in [0.25, 0.3) is 11.8 Å². The Morgan fingerprint density at radius 3 is 2.56 bits per heavy atom. The molecule has 4 aliphatic rings. The van der Waals surface area contributed by atoms with Crippen LogP contribution in [-0.2, 0) is 12.7 Å². The maximum Gasteiger partial charge on any atom is 0.420 e. The number of halogens is 5. The molecule has 4 aliphatic carbocycles. The minimum atomic E-state index is -4.83. The van der Waals surface area contributed by atoms with Crippen molar-refractivity contribution < 1.29 is 26.7 Å². The van der Waals surface area contributed by atoms with Crippen molar-refractivity contribution in [2.45, 2.75) is 61.7 Å². The van der Waals surface area contributed by atoms with E-state index in [1.54, 1.807) is 12.3 Å². The van der Waals surface area contributed by atoms with Crippen LogP contribution in [0.2, 0.25) is 0 Å². The fourth-order valence-corrected chi connectivity index (χ4v) is 5.55. The van der Waals surface area contributed by atoms with Gasteiger partial charge in [0.2, 0.25) is 0 Å². The van der Waals surface area contributed by atoms with E-state index in [0.29, 0.717) is 17.9 Å². The number of alkyl halides is 5. The van der Waals surface area contributed by atoms with Crippen molar-refractivity contribution in [3.8, 4) is 0 Å². The van der Waals surface area contributed by atoms with Crippen LogP contribution in [0.4, 0.5) is 27.6 Å². The summed E-state index contributed by atoms with van der Waals surface area (Å²) in [6.07, 6.45) is -0.330. The molecule has 0 spiro atoms. The fraction of sp³-hybridized carbons (Fsp3) is 0.571. The molecule has 0 atom stereocenters. The number of hydrogen-bond donors (Lipinski definition) is 1. The number of amides is 1. The van der Waals surface area contributed by atoms with Gasteiger partial charge in [-0.05, 0) is 50.0 Å². The van der Waals surface area contributed by atoms with Crippen LogP contribution in [0.5, 0.6) is 0 Å². The van der Waals surface area contributed by atoms with E-state index < -0.39 is 47.1 Å². The SMILES string of the molecule is CSc1cc(NC(=O)c2c(C(F)(F)F)c(C3CC3)nn2CC23CC(CC2(F)F)C3)ccn1. The van der Waals surface area contributed by atoms with Gasteiger partial charge in [0.05, 0.1) is 22.7 Å². The minimum absolute atomic E-state index is 0.121. The average molecular weight is 472 g/mol. The summed E-state index contributed by atoms with van der Waals surface area (Å²) in [6, 6.07) is 3.01. The molecule has 0 radical (unpaired) electrons. The van der Waals surface area contributed by atoms with Gasteiger partial charge in [0, 0.05) is 24.2 Å². The normalized spacial score (nSPS) is 26.1. The second-order valence-electron chi connectivity index (χ2n) is 9.04. The number of pyridine rings is 1. The molecule has 11 heteroatoms. The smallest absolute Gasteiger partial charge is 0.321 e. The third-order valence-electron chi connectivity index (χ3n) is 6.78. The summed E-state index contributed by atoms with van der Waals surface area (Å²) in [4.78, 5) is 17.2. The number of rotatable bonds is 6. The van der Waals surface area contributed by atoms with Gasteiger partial charge in [-0.15, -0.1) is 11.8 Å². The first-order valence-electron chi connectivity index (χ1n) is 10.4. The fourth-order valence-electron chi connectivity index (χ4n) is 5.14. The standard InChI is InChI=1S/C21H21F5N4OS/c1-32-14-6-13(4-5-27-14)28-18(31)17-15(21(24,25)26)16(12-2-3-12)29-30(17)10-19-7-11(8-19)9-20(19,22)23/h4-6,11-12H,2-3,7-10H2,1H3,(H,27,28,31). The summed E-state index contributed by atoms with van der Waals surface area (Å²) in [5, 5.41) is 7.19. The van der Waals surface area contributed by atoms with Crippen LogP contribution in [0.25, 0.3) is 0 Å². The third-order valence-corrected chi connectivity index (χ3v) is 7.42. The first-order chi connectivity index (χ1) is 15.0. The number of fused-ring (bicyclic) bond motifs is 1. The van der Waals surface area contributed by atoms with Gasteiger partial charge in [-0.1, -0.05) is 0 Å². The molecular formula is C21H21F5N4OS. The molecule has 2 aromatic heterocycles. The van der Waals surface area contributed by atoms with Crippen LogP contribution in [0, 0.1) is 11.3 Å². The van der Waals surface area contributed by atoms with Crippen LogP contribution in [-0.4, -0.2) is 32.8 Å². The monoisotopic (exact) mass is 472 g/mol. The Labute approximate surface area is 185 Å². The van der Waals surface area contributed by atoms with E-state index in [1.807, 2.05) is 0 Å². The van der Waals surface area contributed by atoms with E-state index in [2.05, 4.69) is 15.4 Å². The quantitative estimate of drug-likeness (QED) is 0.440. The molecule has 0 unspecified atom stereocenters. The first-order valence-corrected chi connectivity index (χ1v) is 11.6. The highest BCUT2D eigenvalue weighted by atomic mass is 32.2. The number of thioether (sulfide) groups is 1. The van der Waals surface area contributed by atoms with Gasteiger partial charge in [0.15, 0.2) is 0 Å². The second-order valence-corrected chi connectivity index (χ2v) is 9.87. The number of nitrogens with zero attached hydrogens (tertiary/aromatic N) is 3. The van der Waals surface area contributed by atoms with E-state index in [-0.39, 0.29) is 36.6 Å². The van der Waals surface area contributed by atoms with E-state index in [1.165, 1.54) is 24.0 Å². The molecule has 4 saturated carbocycles. The molecule has 2 heterocycles. The van der Waals surface area contributed by atoms with Crippen molar-refractivity contribution >= 4 is 23.4 Å². The largest absolute Gasteiger partial charge is 0.420 e. The number of anilines is 1. The molecule has 32 heavy (non-hydrogen) atoms. The Kier molecular flexibility index (Phi) is 4.85. The molecule has 0 saturated heterocycles. The van der Waals surface area contributed by atoms with E-state index in [0.717, 1.165) is 4.68 Å². The predicted octanol–water partition coefficient (Wildman–Crippen LogP) is 5.58. The number of nitrogens with one attached hydrogen (secondary N) is 1. The third kappa shape index (κ3) is 3.48. The maximum atomic E-state index is 14.6. The lowest BCUT2D eigenvalue weighted by atomic mass is 9.68. The molecule has 1 amide bonds. The molecule has 0 aromatic carbocycles. The van der Waals surface area contributed by atoms with Gasteiger partial charge >= 0.3 is 6.18 Å². The van der Waals surface area contributed by atoms with Crippen LogP contribution in [0.15, 0.2) is 23.4 Å². The van der Waals surface area contributed by atoms with Gasteiger partial charge in [0.1, 0.15) is 11.3 Å². The lowest BCUT2D eigenvalue weighted by molar-refractivity contribution is -0.138. The lowest BCUT2D eigenvalue weighted by Gasteiger charge is -2.40. The Morgan fingerprint density at radius 1 is 1.28 bits per heavy atom. The van der Waals surface area contributed by atoms with Crippen molar-refractivity contribution in [3.05, 3.63) is 35.3 Å². The molecule has 4 fully saturated rings. The summed E-state index contributed by atoms with van der Waals surface area (Å²) in [6.45, 7) is -0.401. The predicted molar refractivity (Wildman–Crippen MR) is 108 cm³/mol. The topological polar surface area (TPSA) is 59.8 Å². The average Bonchev–Trinajstić information content (AvgIpc) is 3.34. The zero-order valence-corrected chi connectivity index (χ0v) is 18.0. The molecular weight excluding hydrogens is 451 g/mol. The van der Waals surface area contributed by atoms with E-state index in [9.17, 15) is 26.7 Å². The number of aromatic nitrogens is 3. The molecule has 2 aromatic rings. The molecule has 0 aliphatic heterocycles. The Bertz CT molecular complexity index is 1070. The minimum Gasteiger partial charge on any atom is -0.321 e. The van der Waals surface area contributed by atoms with Gasteiger partial charge in [-0.2, -0.15) is 18.3 Å². The highest BCUT2D eigenvalue weighted by Gasteiger charge is 2.69. The lowest BCUT2D eigenvalue weighted by Crippen LogP contribution is -2.43. The summed E-state index contributed by atoms with van der Waals surface area (Å²) in [5.41, 5.74) is -3.18. The first kappa shape index (κ1) is 21.7. The zero-order valence-electron chi connectivity index (χ0n) is 17.2. The summed E-state index contributed by atoms with van der Waals surface area (Å²) < 4.78 is 72.5. The van der Waals surface area contributed by atoms with Gasteiger partial charge < -0.3 is 5.32 Å². The van der Waals surface area contributed by atoms with Crippen molar-refractivity contribution in [1.29, 1.82) is 0 Å². The summed E-state index contributed by atoms with van der Waals surface area (Å²) in [5.74, 6) is -4.51. The molecule has 1 N–H and O–H groups in total. The highest BCUT2D eigenvalue weighted by Crippen LogP contribution is 2.67. The summed E-state index contributed by atoms with van der Waals surface area (Å²) in [7, 11) is 0. The molecule has 2 bridgehead atoms. The molecule has 5 nitrogen and oxygen atoms in total. The van der Waals surface area contributed by atoms with Crippen LogP contribution < -0.4 is 5.32 Å². The van der Waals surface area contributed by atoms with Crippen LogP contribution >= 0.6 is 11.8 Å². The highest BCUT2D eigenvalue weighted by molar-refractivity contribution is 7.98. The van der Waals surface area contributed by atoms with Gasteiger partial charge in [-0.3, -0.25) is 9.48 Å². The Morgan fingerprint density at radius 2 is 2.00 bits per heavy atom. The van der Waals surface area contributed by atoms with Crippen molar-refractivity contribution in [1.82, 2.24) is 14.8 Å². The van der Waals surface area contributed by atoms with Crippen LogP contribution in [0.1, 0.15) is 59.8 Å². The number of carbonyl (C=O) groups is 1. The second kappa shape index (κ2) is 7.16. The summed E-state index contributed by atoms with van der Waals surface area (Å²) >= 11 is 1.32. The van der Waals surface area contributed by atoms with E-state index in [4.69, 9.17) is 0 Å². The number of carbonyl (C=O) groups excluding carboxylic acids is 1. The Balaban J connectivity index is 1.56. The number of hydrogen-bond acceptors (Lipinski definition) is 4. The van der Waals surface area contributed by atoms with Gasteiger partial charge in [-0.25, -0.2) is 13.8 Å². The molecule has 6 rings (SSSR count).